The number of rotatable bonds is 5. The standard InChI is InChI=1S/C15H25N3O2S/c1-3-11-7-5-9-17-14(11)15(18-16)12-6-4-8-13(10-12)21(2,19)20/h5,7,9,12-13,15,18H,3-4,6,8,10,16H2,1-2H3. The summed E-state index contributed by atoms with van der Waals surface area (Å²) >= 11 is 0. The minimum atomic E-state index is -2.99. The van der Waals surface area contributed by atoms with Gasteiger partial charge in [0.1, 0.15) is 9.84 Å². The van der Waals surface area contributed by atoms with Crippen LogP contribution in [0.3, 0.4) is 0 Å². The average molecular weight is 311 g/mol. The van der Waals surface area contributed by atoms with Gasteiger partial charge < -0.3 is 0 Å². The van der Waals surface area contributed by atoms with E-state index in [9.17, 15) is 8.42 Å². The van der Waals surface area contributed by atoms with Crippen molar-refractivity contribution in [3.63, 3.8) is 0 Å². The second kappa shape index (κ2) is 6.85. The highest BCUT2D eigenvalue weighted by Gasteiger charge is 2.34. The third kappa shape index (κ3) is 3.81. The van der Waals surface area contributed by atoms with E-state index in [1.54, 1.807) is 6.20 Å². The molecular formula is C15H25N3O2S. The summed E-state index contributed by atoms with van der Waals surface area (Å²) in [6.45, 7) is 2.09. The molecule has 0 bridgehead atoms. The molecule has 0 radical (unpaired) electrons. The van der Waals surface area contributed by atoms with Gasteiger partial charge in [-0.15, -0.1) is 0 Å². The van der Waals surface area contributed by atoms with Crippen molar-refractivity contribution in [3.05, 3.63) is 29.6 Å². The van der Waals surface area contributed by atoms with Gasteiger partial charge >= 0.3 is 0 Å². The maximum atomic E-state index is 11.8. The molecule has 1 fully saturated rings. The summed E-state index contributed by atoms with van der Waals surface area (Å²) in [5, 5.41) is -0.249. The molecule has 6 heteroatoms. The Morgan fingerprint density at radius 2 is 2.24 bits per heavy atom. The van der Waals surface area contributed by atoms with Gasteiger partial charge in [0.25, 0.3) is 0 Å². The Hall–Kier alpha value is -0.980. The first kappa shape index (κ1) is 16.4. The van der Waals surface area contributed by atoms with Gasteiger partial charge in [0.15, 0.2) is 0 Å². The average Bonchev–Trinajstić information content (AvgIpc) is 2.48. The molecule has 2 rings (SSSR count). The lowest BCUT2D eigenvalue weighted by Crippen LogP contribution is -2.39. The van der Waals surface area contributed by atoms with Gasteiger partial charge in [-0.2, -0.15) is 0 Å². The molecule has 0 aromatic carbocycles. The molecule has 118 valence electrons. The van der Waals surface area contributed by atoms with Crippen molar-refractivity contribution in [2.75, 3.05) is 6.26 Å². The van der Waals surface area contributed by atoms with Crippen LogP contribution in [0.15, 0.2) is 18.3 Å². The van der Waals surface area contributed by atoms with Crippen molar-refractivity contribution >= 4 is 9.84 Å². The van der Waals surface area contributed by atoms with E-state index in [0.29, 0.717) is 6.42 Å². The minimum Gasteiger partial charge on any atom is -0.271 e. The fraction of sp³-hybridized carbons (Fsp3) is 0.667. The number of nitrogens with one attached hydrogen (secondary N) is 1. The Kier molecular flexibility index (Phi) is 5.35. The van der Waals surface area contributed by atoms with Crippen LogP contribution in [0.5, 0.6) is 0 Å². The molecule has 3 unspecified atom stereocenters. The molecule has 5 nitrogen and oxygen atoms in total. The lowest BCUT2D eigenvalue weighted by molar-refractivity contribution is 0.269. The quantitative estimate of drug-likeness (QED) is 0.639. The van der Waals surface area contributed by atoms with E-state index in [1.165, 1.54) is 11.8 Å². The minimum absolute atomic E-state index is 0.0781. The summed E-state index contributed by atoms with van der Waals surface area (Å²) in [6, 6.07) is 3.91. The molecule has 1 aliphatic carbocycles. The second-order valence-electron chi connectivity index (χ2n) is 5.92. The molecule has 1 aliphatic rings. The molecule has 21 heavy (non-hydrogen) atoms. The van der Waals surface area contributed by atoms with Crippen LogP contribution in [0.4, 0.5) is 0 Å². The highest BCUT2D eigenvalue weighted by molar-refractivity contribution is 7.91. The fourth-order valence-corrected chi connectivity index (χ4v) is 4.53. The largest absolute Gasteiger partial charge is 0.271 e. The third-order valence-corrected chi connectivity index (χ3v) is 6.16. The van der Waals surface area contributed by atoms with Crippen molar-refractivity contribution in [1.82, 2.24) is 10.4 Å². The van der Waals surface area contributed by atoms with Crippen LogP contribution in [0.25, 0.3) is 0 Å². The smallest absolute Gasteiger partial charge is 0.150 e. The van der Waals surface area contributed by atoms with Crippen molar-refractivity contribution in [1.29, 1.82) is 0 Å². The number of nitrogens with zero attached hydrogens (tertiary/aromatic N) is 1. The van der Waals surface area contributed by atoms with Crippen molar-refractivity contribution < 1.29 is 8.42 Å². The van der Waals surface area contributed by atoms with Gasteiger partial charge in [0.2, 0.25) is 0 Å². The van der Waals surface area contributed by atoms with Crippen LogP contribution in [0.1, 0.15) is 49.9 Å². The maximum Gasteiger partial charge on any atom is 0.150 e. The SMILES string of the molecule is CCc1cccnc1C(NN)C1CCCC(S(C)(=O)=O)C1. The number of pyridine rings is 1. The van der Waals surface area contributed by atoms with Gasteiger partial charge in [-0.05, 0) is 43.2 Å². The first-order valence-electron chi connectivity index (χ1n) is 7.56. The lowest BCUT2D eigenvalue weighted by Gasteiger charge is -2.33. The highest BCUT2D eigenvalue weighted by Crippen LogP contribution is 2.36. The number of nitrogens with two attached hydrogens (primary N) is 1. The molecule has 0 aliphatic heterocycles. The predicted octanol–water partition coefficient (Wildman–Crippen LogP) is 1.75. The lowest BCUT2D eigenvalue weighted by atomic mass is 9.81. The molecule has 0 spiro atoms. The summed E-state index contributed by atoms with van der Waals surface area (Å²) < 4.78 is 23.7. The van der Waals surface area contributed by atoms with E-state index in [2.05, 4.69) is 23.4 Å². The molecule has 3 atom stereocenters. The van der Waals surface area contributed by atoms with Crippen molar-refractivity contribution in [2.45, 2.75) is 50.3 Å². The van der Waals surface area contributed by atoms with Gasteiger partial charge in [-0.3, -0.25) is 16.3 Å². The van der Waals surface area contributed by atoms with Gasteiger partial charge in [0, 0.05) is 12.5 Å². The summed E-state index contributed by atoms with van der Waals surface area (Å²) in [5.74, 6) is 5.99. The van der Waals surface area contributed by atoms with Crippen LogP contribution in [-0.2, 0) is 16.3 Å². The number of aryl methyl sites for hydroxylation is 1. The summed E-state index contributed by atoms with van der Waals surface area (Å²) in [6.07, 6.45) is 7.33. The van der Waals surface area contributed by atoms with E-state index in [0.717, 1.165) is 31.4 Å². The number of hydrogen-bond donors (Lipinski definition) is 2. The van der Waals surface area contributed by atoms with Crippen LogP contribution in [-0.4, -0.2) is 24.9 Å². The molecule has 1 heterocycles. The highest BCUT2D eigenvalue weighted by atomic mass is 32.2. The zero-order chi connectivity index (χ0) is 15.5. The van der Waals surface area contributed by atoms with Crippen LogP contribution < -0.4 is 11.3 Å². The predicted molar refractivity (Wildman–Crippen MR) is 84.3 cm³/mol. The first-order valence-corrected chi connectivity index (χ1v) is 9.51. The summed E-state index contributed by atoms with van der Waals surface area (Å²) in [5.41, 5.74) is 5.01. The van der Waals surface area contributed by atoms with Gasteiger partial charge in [0.05, 0.1) is 17.0 Å². The molecule has 1 aromatic heterocycles. The van der Waals surface area contributed by atoms with E-state index in [1.807, 2.05) is 6.07 Å². The molecule has 1 aromatic rings. The second-order valence-corrected chi connectivity index (χ2v) is 8.25. The van der Waals surface area contributed by atoms with Gasteiger partial charge in [-0.25, -0.2) is 8.42 Å². The van der Waals surface area contributed by atoms with E-state index < -0.39 is 9.84 Å². The Morgan fingerprint density at radius 1 is 1.48 bits per heavy atom. The molecule has 1 saturated carbocycles. The Labute approximate surface area is 127 Å². The molecule has 0 amide bonds. The maximum absolute atomic E-state index is 11.8. The molecular weight excluding hydrogens is 286 g/mol. The fourth-order valence-electron chi connectivity index (χ4n) is 3.34. The summed E-state index contributed by atoms with van der Waals surface area (Å²) in [7, 11) is -2.99. The van der Waals surface area contributed by atoms with E-state index in [-0.39, 0.29) is 17.2 Å². The molecule has 0 saturated heterocycles. The number of aromatic nitrogens is 1. The van der Waals surface area contributed by atoms with E-state index >= 15 is 0 Å². The summed E-state index contributed by atoms with van der Waals surface area (Å²) in [4.78, 5) is 4.49. The Morgan fingerprint density at radius 3 is 2.86 bits per heavy atom. The zero-order valence-electron chi connectivity index (χ0n) is 12.7. The number of sulfone groups is 1. The topological polar surface area (TPSA) is 85.1 Å². The first-order chi connectivity index (χ1) is 9.97. The number of hydrogen-bond acceptors (Lipinski definition) is 5. The Balaban J connectivity index is 2.25. The number of hydrazine groups is 1. The molecule has 3 N–H and O–H groups in total. The Bertz CT molecular complexity index is 574. The third-order valence-electron chi connectivity index (χ3n) is 4.52. The van der Waals surface area contributed by atoms with Crippen LogP contribution in [0, 0.1) is 5.92 Å². The zero-order valence-corrected chi connectivity index (χ0v) is 13.6. The normalized spacial score (nSPS) is 24.7. The van der Waals surface area contributed by atoms with Crippen LogP contribution in [0.2, 0.25) is 0 Å². The van der Waals surface area contributed by atoms with Crippen molar-refractivity contribution in [2.24, 2.45) is 11.8 Å². The van der Waals surface area contributed by atoms with E-state index in [4.69, 9.17) is 5.84 Å². The monoisotopic (exact) mass is 311 g/mol. The van der Waals surface area contributed by atoms with Crippen molar-refractivity contribution in [3.8, 4) is 0 Å². The van der Waals surface area contributed by atoms with Crippen LogP contribution >= 0.6 is 0 Å². The van der Waals surface area contributed by atoms with Gasteiger partial charge in [-0.1, -0.05) is 19.4 Å².